The summed E-state index contributed by atoms with van der Waals surface area (Å²) in [7, 11) is -2.00. The Balaban J connectivity index is 1.52. The SMILES string of the molecule is CCOc1cncc(-c2ccc(NCC(C=O)(CCOC)c3ccnc(NS(=O)(=O)C4CC4)n3)nc2)n1. The highest BCUT2D eigenvalue weighted by molar-refractivity contribution is 7.93. The summed E-state index contributed by atoms with van der Waals surface area (Å²) in [5, 5.41) is 2.77. The lowest BCUT2D eigenvalue weighted by molar-refractivity contribution is -0.113. The van der Waals surface area contributed by atoms with Crippen LogP contribution in [-0.2, 0) is 25.0 Å². The summed E-state index contributed by atoms with van der Waals surface area (Å²) in [5.74, 6) is 0.899. The lowest BCUT2D eigenvalue weighted by atomic mass is 9.82. The molecule has 0 aliphatic heterocycles. The van der Waals surface area contributed by atoms with Crippen LogP contribution in [0.1, 0.15) is 31.9 Å². The Kier molecular flexibility index (Phi) is 8.24. The molecule has 12 nitrogen and oxygen atoms in total. The van der Waals surface area contributed by atoms with Crippen molar-refractivity contribution in [3.63, 3.8) is 0 Å². The number of ether oxygens (including phenoxy) is 2. The molecule has 0 amide bonds. The minimum atomic E-state index is -3.55. The van der Waals surface area contributed by atoms with Crippen molar-refractivity contribution in [2.45, 2.75) is 36.9 Å². The molecule has 1 aliphatic rings. The normalized spacial score (nSPS) is 15.0. The highest BCUT2D eigenvalue weighted by Gasteiger charge is 2.37. The summed E-state index contributed by atoms with van der Waals surface area (Å²) in [6.07, 6.45) is 8.58. The molecular weight excluding hydrogens is 498 g/mol. The smallest absolute Gasteiger partial charge is 0.237 e. The summed E-state index contributed by atoms with van der Waals surface area (Å²) in [5.41, 5.74) is 0.629. The van der Waals surface area contributed by atoms with Crippen LogP contribution in [0.4, 0.5) is 11.8 Å². The van der Waals surface area contributed by atoms with Crippen molar-refractivity contribution in [3.05, 3.63) is 48.7 Å². The zero-order valence-corrected chi connectivity index (χ0v) is 21.4. The van der Waals surface area contributed by atoms with Gasteiger partial charge in [0.25, 0.3) is 0 Å². The lowest BCUT2D eigenvalue weighted by Crippen LogP contribution is -2.38. The molecule has 0 radical (unpaired) electrons. The molecule has 13 heteroatoms. The highest BCUT2D eigenvalue weighted by Crippen LogP contribution is 2.30. The molecule has 196 valence electrons. The van der Waals surface area contributed by atoms with Crippen LogP contribution in [-0.4, -0.2) is 71.7 Å². The molecule has 1 saturated carbocycles. The topological polar surface area (TPSA) is 158 Å². The first-order valence-corrected chi connectivity index (χ1v) is 13.4. The number of methoxy groups -OCH3 is 1. The van der Waals surface area contributed by atoms with Crippen molar-refractivity contribution in [3.8, 4) is 17.1 Å². The second kappa shape index (κ2) is 11.6. The van der Waals surface area contributed by atoms with Gasteiger partial charge in [-0.1, -0.05) is 0 Å². The second-order valence-corrected chi connectivity index (χ2v) is 10.6. The minimum absolute atomic E-state index is 0.0640. The van der Waals surface area contributed by atoms with Crippen LogP contribution in [0.5, 0.6) is 5.88 Å². The number of carbonyl (C=O) groups is 1. The summed E-state index contributed by atoms with van der Waals surface area (Å²) in [6.45, 7) is 2.80. The predicted molar refractivity (Wildman–Crippen MR) is 137 cm³/mol. The fourth-order valence-corrected chi connectivity index (χ4v) is 4.91. The van der Waals surface area contributed by atoms with Crippen LogP contribution in [0, 0.1) is 0 Å². The van der Waals surface area contributed by atoms with Gasteiger partial charge in [-0.2, -0.15) is 0 Å². The van der Waals surface area contributed by atoms with Gasteiger partial charge in [-0.15, -0.1) is 0 Å². The molecule has 0 bridgehead atoms. The van der Waals surface area contributed by atoms with Crippen LogP contribution >= 0.6 is 0 Å². The Hall–Kier alpha value is -3.71. The number of hydrogen-bond acceptors (Lipinski definition) is 11. The molecule has 0 saturated heterocycles. The van der Waals surface area contributed by atoms with E-state index in [1.165, 1.54) is 6.20 Å². The highest BCUT2D eigenvalue weighted by atomic mass is 32.2. The fraction of sp³-hybridized carbons (Fsp3) is 0.417. The Morgan fingerprint density at radius 1 is 1.14 bits per heavy atom. The zero-order valence-electron chi connectivity index (χ0n) is 20.6. The van der Waals surface area contributed by atoms with Crippen LogP contribution < -0.4 is 14.8 Å². The number of carbonyl (C=O) groups excluding carboxylic acids is 1. The van der Waals surface area contributed by atoms with E-state index in [1.54, 1.807) is 37.8 Å². The number of hydrogen-bond donors (Lipinski definition) is 2. The van der Waals surface area contributed by atoms with Gasteiger partial charge in [0.2, 0.25) is 21.9 Å². The molecular formula is C24H29N7O5S. The van der Waals surface area contributed by atoms with Crippen LogP contribution in [0.15, 0.2) is 43.0 Å². The Morgan fingerprint density at radius 2 is 1.97 bits per heavy atom. The van der Waals surface area contributed by atoms with E-state index in [0.717, 1.165) is 11.8 Å². The van der Waals surface area contributed by atoms with Crippen LogP contribution in [0.2, 0.25) is 0 Å². The van der Waals surface area contributed by atoms with Crippen LogP contribution in [0.25, 0.3) is 11.3 Å². The molecule has 2 N–H and O–H groups in total. The number of rotatable bonds is 14. The molecule has 1 atom stereocenters. The molecule has 3 aromatic rings. The average Bonchev–Trinajstić information content (AvgIpc) is 3.77. The van der Waals surface area contributed by atoms with Crippen molar-refractivity contribution >= 4 is 28.1 Å². The maximum atomic E-state index is 12.5. The van der Waals surface area contributed by atoms with Crippen LogP contribution in [0.3, 0.4) is 0 Å². The maximum Gasteiger partial charge on any atom is 0.237 e. The largest absolute Gasteiger partial charge is 0.477 e. The van der Waals surface area contributed by atoms with E-state index in [-0.39, 0.29) is 19.1 Å². The van der Waals surface area contributed by atoms with E-state index in [9.17, 15) is 13.2 Å². The van der Waals surface area contributed by atoms with Gasteiger partial charge in [-0.3, -0.25) is 9.71 Å². The molecule has 1 unspecified atom stereocenters. The Labute approximate surface area is 215 Å². The number of aromatic nitrogens is 5. The van der Waals surface area contributed by atoms with Crippen molar-refractivity contribution in [1.29, 1.82) is 0 Å². The number of nitrogens with zero attached hydrogens (tertiary/aromatic N) is 5. The minimum Gasteiger partial charge on any atom is -0.477 e. The molecule has 3 heterocycles. The predicted octanol–water partition coefficient (Wildman–Crippen LogP) is 2.22. The molecule has 0 aromatic carbocycles. The molecule has 1 aliphatic carbocycles. The third kappa shape index (κ3) is 6.54. The van der Waals surface area contributed by atoms with Crippen molar-refractivity contribution in [2.75, 3.05) is 36.9 Å². The zero-order chi connectivity index (χ0) is 26.3. The number of pyridine rings is 1. The Bertz CT molecular complexity index is 1320. The van der Waals surface area contributed by atoms with Crippen molar-refractivity contribution < 1.29 is 22.7 Å². The molecule has 0 spiro atoms. The van der Waals surface area contributed by atoms with Gasteiger partial charge in [0.15, 0.2) is 0 Å². The van der Waals surface area contributed by atoms with E-state index in [0.29, 0.717) is 49.0 Å². The third-order valence-electron chi connectivity index (χ3n) is 5.89. The maximum absolute atomic E-state index is 12.5. The van der Waals surface area contributed by atoms with Gasteiger partial charge < -0.3 is 19.6 Å². The average molecular weight is 528 g/mol. The van der Waals surface area contributed by atoms with E-state index in [1.807, 2.05) is 13.0 Å². The molecule has 37 heavy (non-hydrogen) atoms. The van der Waals surface area contributed by atoms with E-state index in [4.69, 9.17) is 9.47 Å². The standard InChI is InChI=1S/C24H29N7O5S/c1-3-36-22-14-25-13-19(29-22)17-4-7-21(27-12-17)28-15-24(16-32,9-11-35-2)20-8-10-26-23(30-20)31-37(33,34)18-5-6-18/h4,7-8,10,12-14,16,18H,3,5-6,9,11,15H2,1-2H3,(H,27,28)(H,26,30,31). The van der Waals surface area contributed by atoms with E-state index >= 15 is 0 Å². The van der Waals surface area contributed by atoms with Gasteiger partial charge in [0.1, 0.15) is 12.1 Å². The van der Waals surface area contributed by atoms with E-state index < -0.39 is 20.7 Å². The third-order valence-corrected chi connectivity index (χ3v) is 7.71. The van der Waals surface area contributed by atoms with Gasteiger partial charge in [-0.05, 0) is 44.4 Å². The number of aldehydes is 1. The van der Waals surface area contributed by atoms with Gasteiger partial charge in [-0.25, -0.2) is 28.4 Å². The van der Waals surface area contributed by atoms with Crippen molar-refractivity contribution in [2.24, 2.45) is 0 Å². The molecule has 4 rings (SSSR count). The quantitative estimate of drug-likeness (QED) is 0.296. The number of anilines is 2. The van der Waals surface area contributed by atoms with E-state index in [2.05, 4.69) is 35.0 Å². The summed E-state index contributed by atoms with van der Waals surface area (Å²) in [4.78, 5) is 33.9. The van der Waals surface area contributed by atoms with Crippen molar-refractivity contribution in [1.82, 2.24) is 24.9 Å². The second-order valence-electron chi connectivity index (χ2n) is 8.59. The monoisotopic (exact) mass is 527 g/mol. The molecule has 3 aromatic heterocycles. The van der Waals surface area contributed by atoms with Gasteiger partial charge >= 0.3 is 0 Å². The number of nitrogens with one attached hydrogen (secondary N) is 2. The summed E-state index contributed by atoms with van der Waals surface area (Å²) < 4.78 is 37.8. The summed E-state index contributed by atoms with van der Waals surface area (Å²) in [6, 6.07) is 5.20. The van der Waals surface area contributed by atoms with Gasteiger partial charge in [0, 0.05) is 38.2 Å². The first-order valence-electron chi connectivity index (χ1n) is 11.8. The fourth-order valence-electron chi connectivity index (χ4n) is 3.63. The van der Waals surface area contributed by atoms with Gasteiger partial charge in [0.05, 0.1) is 41.1 Å². The molecule has 1 fully saturated rings. The lowest BCUT2D eigenvalue weighted by Gasteiger charge is -2.28. The number of sulfonamides is 1. The first kappa shape index (κ1) is 26.4. The Morgan fingerprint density at radius 3 is 2.65 bits per heavy atom. The summed E-state index contributed by atoms with van der Waals surface area (Å²) >= 11 is 0. The first-order chi connectivity index (χ1) is 17.9.